The van der Waals surface area contributed by atoms with Crippen LogP contribution in [0.4, 0.5) is 4.79 Å². The van der Waals surface area contributed by atoms with E-state index >= 15 is 0 Å². The van der Waals surface area contributed by atoms with Crippen LogP contribution in [0.2, 0.25) is 0 Å². The molecule has 1 atom stereocenters. The molecule has 1 saturated carbocycles. The SMILES string of the molecule is CS(=O)(=O)CCC(NC(=O)NCCOCC1CC1)C(=O)O. The molecule has 0 radical (unpaired) electrons. The van der Waals surface area contributed by atoms with E-state index in [0.717, 1.165) is 6.26 Å². The van der Waals surface area contributed by atoms with Crippen molar-refractivity contribution < 1.29 is 27.9 Å². The normalized spacial score (nSPS) is 16.2. The molecule has 9 heteroatoms. The average molecular weight is 322 g/mol. The van der Waals surface area contributed by atoms with E-state index in [1.165, 1.54) is 12.8 Å². The third-order valence-electron chi connectivity index (χ3n) is 2.96. The Morgan fingerprint density at radius 1 is 1.38 bits per heavy atom. The van der Waals surface area contributed by atoms with E-state index in [0.29, 0.717) is 19.1 Å². The number of carboxylic acids is 1. The number of sulfone groups is 1. The summed E-state index contributed by atoms with van der Waals surface area (Å²) < 4.78 is 27.3. The molecule has 0 aromatic rings. The van der Waals surface area contributed by atoms with E-state index in [9.17, 15) is 18.0 Å². The smallest absolute Gasteiger partial charge is 0.326 e. The summed E-state index contributed by atoms with van der Waals surface area (Å²) in [5.41, 5.74) is 0. The Kier molecular flexibility index (Phi) is 6.90. The minimum absolute atomic E-state index is 0.167. The van der Waals surface area contributed by atoms with Gasteiger partial charge in [0.05, 0.1) is 12.4 Å². The largest absolute Gasteiger partial charge is 0.480 e. The third kappa shape index (κ3) is 9.24. The number of nitrogens with one attached hydrogen (secondary N) is 2. The second-order valence-electron chi connectivity index (χ2n) is 5.23. The maximum atomic E-state index is 11.5. The van der Waals surface area contributed by atoms with E-state index in [1.807, 2.05) is 0 Å². The van der Waals surface area contributed by atoms with Crippen molar-refractivity contribution in [2.75, 3.05) is 31.8 Å². The zero-order valence-electron chi connectivity index (χ0n) is 12.0. The molecule has 0 bridgehead atoms. The second-order valence-corrected chi connectivity index (χ2v) is 7.49. The first-order chi connectivity index (χ1) is 9.78. The highest BCUT2D eigenvalue weighted by molar-refractivity contribution is 7.90. The van der Waals surface area contributed by atoms with Crippen LogP contribution in [0.15, 0.2) is 0 Å². The molecule has 1 fully saturated rings. The fourth-order valence-electron chi connectivity index (χ4n) is 1.57. The fourth-order valence-corrected chi connectivity index (χ4v) is 2.23. The van der Waals surface area contributed by atoms with Gasteiger partial charge in [-0.25, -0.2) is 18.0 Å². The van der Waals surface area contributed by atoms with Crippen LogP contribution in [0.5, 0.6) is 0 Å². The lowest BCUT2D eigenvalue weighted by atomic mass is 10.2. The van der Waals surface area contributed by atoms with Crippen LogP contribution < -0.4 is 10.6 Å². The van der Waals surface area contributed by atoms with Gasteiger partial charge in [-0.2, -0.15) is 0 Å². The maximum absolute atomic E-state index is 11.5. The number of aliphatic carboxylic acids is 1. The van der Waals surface area contributed by atoms with Crippen molar-refractivity contribution in [1.29, 1.82) is 0 Å². The highest BCUT2D eigenvalue weighted by Gasteiger charge is 2.22. The first kappa shape index (κ1) is 17.7. The molecule has 2 amide bonds. The highest BCUT2D eigenvalue weighted by atomic mass is 32.2. The lowest BCUT2D eigenvalue weighted by Crippen LogP contribution is -2.47. The maximum Gasteiger partial charge on any atom is 0.326 e. The number of hydrogen-bond acceptors (Lipinski definition) is 5. The zero-order valence-corrected chi connectivity index (χ0v) is 12.8. The van der Waals surface area contributed by atoms with E-state index in [-0.39, 0.29) is 18.7 Å². The van der Waals surface area contributed by atoms with Gasteiger partial charge >= 0.3 is 12.0 Å². The molecule has 0 aromatic carbocycles. The number of hydrogen-bond donors (Lipinski definition) is 3. The molecule has 21 heavy (non-hydrogen) atoms. The van der Waals surface area contributed by atoms with Crippen LogP contribution in [0.1, 0.15) is 19.3 Å². The van der Waals surface area contributed by atoms with Crippen LogP contribution in [0.25, 0.3) is 0 Å². The first-order valence-corrected chi connectivity index (χ1v) is 8.86. The number of amides is 2. The second kappa shape index (κ2) is 8.18. The van der Waals surface area contributed by atoms with E-state index in [1.54, 1.807) is 0 Å². The Bertz CT molecular complexity index is 460. The van der Waals surface area contributed by atoms with Gasteiger partial charge in [0.1, 0.15) is 15.9 Å². The monoisotopic (exact) mass is 322 g/mol. The molecule has 0 heterocycles. The predicted molar refractivity (Wildman–Crippen MR) is 75.8 cm³/mol. The standard InChI is InChI=1S/C12H22N2O6S/c1-21(18,19)7-4-10(11(15)16)14-12(17)13-5-6-20-8-9-2-3-9/h9-10H,2-8H2,1H3,(H,15,16)(H2,13,14,17). The number of carbonyl (C=O) groups excluding carboxylic acids is 1. The van der Waals surface area contributed by atoms with E-state index in [4.69, 9.17) is 9.84 Å². The topological polar surface area (TPSA) is 122 Å². The van der Waals surface area contributed by atoms with Gasteiger partial charge in [-0.1, -0.05) is 0 Å². The van der Waals surface area contributed by atoms with Gasteiger partial charge in [-0.15, -0.1) is 0 Å². The van der Waals surface area contributed by atoms with Crippen LogP contribution in [-0.2, 0) is 19.4 Å². The summed E-state index contributed by atoms with van der Waals surface area (Å²) in [6.45, 7) is 1.33. The Balaban J connectivity index is 2.19. The van der Waals surface area contributed by atoms with Crippen molar-refractivity contribution in [2.45, 2.75) is 25.3 Å². The molecule has 1 rings (SSSR count). The van der Waals surface area contributed by atoms with Crippen molar-refractivity contribution in [3.8, 4) is 0 Å². The highest BCUT2D eigenvalue weighted by Crippen LogP contribution is 2.28. The molecule has 122 valence electrons. The lowest BCUT2D eigenvalue weighted by molar-refractivity contribution is -0.139. The number of rotatable bonds is 10. The molecule has 3 N–H and O–H groups in total. The van der Waals surface area contributed by atoms with Crippen LogP contribution >= 0.6 is 0 Å². The molecule has 0 aliphatic heterocycles. The Morgan fingerprint density at radius 3 is 2.57 bits per heavy atom. The molecule has 1 unspecified atom stereocenters. The summed E-state index contributed by atoms with van der Waals surface area (Å²) in [7, 11) is -3.27. The Morgan fingerprint density at radius 2 is 2.05 bits per heavy atom. The minimum atomic E-state index is -3.27. The molecule has 1 aliphatic rings. The predicted octanol–water partition coefficient (Wildman–Crippen LogP) is -0.400. The molecule has 1 aliphatic carbocycles. The van der Waals surface area contributed by atoms with Crippen molar-refractivity contribution in [2.24, 2.45) is 5.92 Å². The Hall–Kier alpha value is -1.35. The van der Waals surface area contributed by atoms with Crippen LogP contribution in [0, 0.1) is 5.92 Å². The molecule has 8 nitrogen and oxygen atoms in total. The zero-order chi connectivity index (χ0) is 15.9. The van der Waals surface area contributed by atoms with Gasteiger partial charge < -0.3 is 20.5 Å². The van der Waals surface area contributed by atoms with Crippen molar-refractivity contribution >= 4 is 21.8 Å². The average Bonchev–Trinajstić information content (AvgIpc) is 3.16. The lowest BCUT2D eigenvalue weighted by Gasteiger charge is -2.14. The first-order valence-electron chi connectivity index (χ1n) is 6.80. The van der Waals surface area contributed by atoms with Crippen molar-refractivity contribution in [3.05, 3.63) is 0 Å². The van der Waals surface area contributed by atoms with Crippen molar-refractivity contribution in [1.82, 2.24) is 10.6 Å². The van der Waals surface area contributed by atoms with E-state index < -0.39 is 27.9 Å². The van der Waals surface area contributed by atoms with Gasteiger partial charge in [0.15, 0.2) is 0 Å². The van der Waals surface area contributed by atoms with Gasteiger partial charge in [-0.3, -0.25) is 0 Å². The van der Waals surface area contributed by atoms with Crippen LogP contribution in [-0.4, -0.2) is 63.3 Å². The minimum Gasteiger partial charge on any atom is -0.480 e. The summed E-state index contributed by atoms with van der Waals surface area (Å²) in [6.07, 6.45) is 3.23. The summed E-state index contributed by atoms with van der Waals surface area (Å²) >= 11 is 0. The summed E-state index contributed by atoms with van der Waals surface area (Å²) in [6, 6.07) is -1.88. The molecular formula is C12H22N2O6S. The molecule has 0 spiro atoms. The number of carbonyl (C=O) groups is 2. The third-order valence-corrected chi connectivity index (χ3v) is 3.94. The van der Waals surface area contributed by atoms with Crippen molar-refractivity contribution in [3.63, 3.8) is 0 Å². The van der Waals surface area contributed by atoms with Crippen LogP contribution in [0.3, 0.4) is 0 Å². The van der Waals surface area contributed by atoms with Gasteiger partial charge in [0.2, 0.25) is 0 Å². The van der Waals surface area contributed by atoms with Gasteiger partial charge in [0.25, 0.3) is 0 Å². The number of ether oxygens (including phenoxy) is 1. The fraction of sp³-hybridized carbons (Fsp3) is 0.833. The Labute approximate surface area is 124 Å². The summed E-state index contributed by atoms with van der Waals surface area (Å²) in [5, 5.41) is 13.6. The van der Waals surface area contributed by atoms with E-state index in [2.05, 4.69) is 10.6 Å². The van der Waals surface area contributed by atoms with Gasteiger partial charge in [-0.05, 0) is 25.2 Å². The molecule has 0 aromatic heterocycles. The number of carboxylic acid groups (broad SMARTS) is 1. The quantitative estimate of drug-likeness (QED) is 0.470. The van der Waals surface area contributed by atoms with Gasteiger partial charge in [0, 0.05) is 19.4 Å². The number of urea groups is 1. The molecule has 0 saturated heterocycles. The summed E-state index contributed by atoms with van der Waals surface area (Å²) in [5.74, 6) is -0.917. The molecular weight excluding hydrogens is 300 g/mol. The summed E-state index contributed by atoms with van der Waals surface area (Å²) in [4.78, 5) is 22.4.